The van der Waals surface area contributed by atoms with E-state index in [-0.39, 0.29) is 5.91 Å². The molecule has 0 atom stereocenters. The first-order valence-electron chi connectivity index (χ1n) is 7.71. The van der Waals surface area contributed by atoms with E-state index >= 15 is 0 Å². The smallest absolute Gasteiger partial charge is 0.272 e. The van der Waals surface area contributed by atoms with E-state index < -0.39 is 0 Å². The minimum absolute atomic E-state index is 0.255. The van der Waals surface area contributed by atoms with Crippen molar-refractivity contribution in [3.63, 3.8) is 0 Å². The number of carbonyl (C=O) groups is 1. The first kappa shape index (κ1) is 16.2. The van der Waals surface area contributed by atoms with Gasteiger partial charge in [-0.25, -0.2) is 9.50 Å². The lowest BCUT2D eigenvalue weighted by Crippen LogP contribution is -2.16. The van der Waals surface area contributed by atoms with Crippen LogP contribution in [0.5, 0.6) is 11.5 Å². The highest BCUT2D eigenvalue weighted by Gasteiger charge is 2.16. The molecule has 0 spiro atoms. The number of aromatic nitrogens is 4. The van der Waals surface area contributed by atoms with Crippen molar-refractivity contribution in [3.05, 3.63) is 54.6 Å². The fraction of sp³-hybridized carbons (Fsp3) is 0.118. The number of rotatable bonds is 5. The van der Waals surface area contributed by atoms with Crippen molar-refractivity contribution in [1.29, 1.82) is 0 Å². The molecular weight excluding hydrogens is 354 g/mol. The summed E-state index contributed by atoms with van der Waals surface area (Å²) < 4.78 is 13.9. The van der Waals surface area contributed by atoms with Gasteiger partial charge in [0.1, 0.15) is 5.69 Å². The molecule has 0 radical (unpaired) electrons. The molecule has 0 aliphatic rings. The molecule has 3 heterocycles. The summed E-state index contributed by atoms with van der Waals surface area (Å²) in [5.41, 5.74) is 1.08. The van der Waals surface area contributed by atoms with Crippen LogP contribution < -0.4 is 14.8 Å². The first-order valence-corrected chi connectivity index (χ1v) is 8.52. The van der Waals surface area contributed by atoms with Gasteiger partial charge in [-0.3, -0.25) is 9.36 Å². The molecule has 0 saturated carbocycles. The molecule has 0 aliphatic carbocycles. The lowest BCUT2D eigenvalue weighted by Gasteiger charge is -2.11. The largest absolute Gasteiger partial charge is 0.493 e. The minimum atomic E-state index is -0.255. The standard InChI is InChI=1S/C17H15N5O3S/c1-24-13-6-5-11(10-14(13)25-2)19-15(23)12-4-3-8-21(12)17-20-22-9-7-18-16(22)26-17/h3-10H,1-2H3,(H,19,23). The highest BCUT2D eigenvalue weighted by molar-refractivity contribution is 7.19. The fourth-order valence-electron chi connectivity index (χ4n) is 2.57. The maximum atomic E-state index is 12.7. The van der Waals surface area contributed by atoms with Gasteiger partial charge in [-0.15, -0.1) is 5.10 Å². The van der Waals surface area contributed by atoms with E-state index in [2.05, 4.69) is 15.4 Å². The molecule has 132 valence electrons. The second-order valence-corrected chi connectivity index (χ2v) is 6.26. The first-order chi connectivity index (χ1) is 12.7. The number of benzene rings is 1. The Morgan fingerprint density at radius 3 is 2.77 bits per heavy atom. The summed E-state index contributed by atoms with van der Waals surface area (Å²) in [6.07, 6.45) is 5.24. The van der Waals surface area contributed by atoms with Crippen LogP contribution in [0.15, 0.2) is 48.9 Å². The van der Waals surface area contributed by atoms with Crippen LogP contribution in [0.1, 0.15) is 10.5 Å². The van der Waals surface area contributed by atoms with Gasteiger partial charge in [-0.2, -0.15) is 0 Å². The summed E-state index contributed by atoms with van der Waals surface area (Å²) in [4.78, 5) is 17.7. The van der Waals surface area contributed by atoms with E-state index in [0.717, 1.165) is 4.96 Å². The number of carbonyl (C=O) groups excluding carboxylic acids is 1. The van der Waals surface area contributed by atoms with Crippen LogP contribution in [0, 0.1) is 0 Å². The van der Waals surface area contributed by atoms with Gasteiger partial charge in [-0.1, -0.05) is 11.3 Å². The predicted molar refractivity (Wildman–Crippen MR) is 97.7 cm³/mol. The summed E-state index contributed by atoms with van der Waals surface area (Å²) >= 11 is 1.40. The van der Waals surface area contributed by atoms with Gasteiger partial charge in [0.05, 0.1) is 20.4 Å². The van der Waals surface area contributed by atoms with Crippen LogP contribution >= 0.6 is 11.3 Å². The second kappa shape index (κ2) is 6.52. The Morgan fingerprint density at radius 1 is 1.15 bits per heavy atom. The molecule has 0 aliphatic heterocycles. The van der Waals surface area contributed by atoms with Crippen molar-refractivity contribution in [2.75, 3.05) is 19.5 Å². The number of nitrogens with zero attached hydrogens (tertiary/aromatic N) is 4. The number of hydrogen-bond donors (Lipinski definition) is 1. The van der Waals surface area contributed by atoms with Gasteiger partial charge in [0.15, 0.2) is 11.5 Å². The quantitative estimate of drug-likeness (QED) is 0.585. The lowest BCUT2D eigenvalue weighted by molar-refractivity contribution is 0.102. The highest BCUT2D eigenvalue weighted by Crippen LogP contribution is 2.30. The Hall–Kier alpha value is -3.33. The van der Waals surface area contributed by atoms with E-state index in [9.17, 15) is 4.79 Å². The fourth-order valence-corrected chi connectivity index (χ4v) is 3.42. The molecule has 3 aromatic heterocycles. The number of fused-ring (bicyclic) bond motifs is 1. The Bertz CT molecular complexity index is 1050. The lowest BCUT2D eigenvalue weighted by atomic mass is 10.2. The molecule has 0 bridgehead atoms. The van der Waals surface area contributed by atoms with Crippen molar-refractivity contribution < 1.29 is 14.3 Å². The predicted octanol–water partition coefficient (Wildman–Crippen LogP) is 2.85. The average molecular weight is 369 g/mol. The topological polar surface area (TPSA) is 82.7 Å². The second-order valence-electron chi connectivity index (χ2n) is 5.33. The third-order valence-corrected chi connectivity index (χ3v) is 4.73. The number of anilines is 1. The zero-order valence-corrected chi connectivity index (χ0v) is 14.9. The number of ether oxygens (including phenoxy) is 2. The third-order valence-electron chi connectivity index (χ3n) is 3.79. The van der Waals surface area contributed by atoms with E-state index in [0.29, 0.717) is 28.0 Å². The van der Waals surface area contributed by atoms with Crippen molar-refractivity contribution >= 4 is 27.9 Å². The van der Waals surface area contributed by atoms with Gasteiger partial charge in [0.25, 0.3) is 5.91 Å². The number of nitrogens with one attached hydrogen (secondary N) is 1. The van der Waals surface area contributed by atoms with Crippen molar-refractivity contribution in [2.45, 2.75) is 0 Å². The normalized spacial score (nSPS) is 10.8. The zero-order valence-electron chi connectivity index (χ0n) is 14.0. The Kier molecular flexibility index (Phi) is 4.05. The van der Waals surface area contributed by atoms with Gasteiger partial charge < -0.3 is 14.8 Å². The molecule has 8 nitrogen and oxygen atoms in total. The summed E-state index contributed by atoms with van der Waals surface area (Å²) in [6.45, 7) is 0. The molecule has 0 saturated heterocycles. The Labute approximate surface area is 152 Å². The Morgan fingerprint density at radius 2 is 2.00 bits per heavy atom. The van der Waals surface area contributed by atoms with Crippen LogP contribution in [0.4, 0.5) is 5.69 Å². The average Bonchev–Trinajstić information content (AvgIpc) is 3.36. The maximum Gasteiger partial charge on any atom is 0.272 e. The van der Waals surface area contributed by atoms with E-state index in [1.54, 1.807) is 72.2 Å². The van der Waals surface area contributed by atoms with E-state index in [1.807, 2.05) is 0 Å². The maximum absolute atomic E-state index is 12.7. The van der Waals surface area contributed by atoms with E-state index in [4.69, 9.17) is 9.47 Å². The Balaban J connectivity index is 1.62. The summed E-state index contributed by atoms with van der Waals surface area (Å²) in [5, 5.41) is 7.96. The van der Waals surface area contributed by atoms with Crippen LogP contribution in [0.3, 0.4) is 0 Å². The number of methoxy groups -OCH3 is 2. The molecule has 26 heavy (non-hydrogen) atoms. The van der Waals surface area contributed by atoms with Crippen LogP contribution in [-0.4, -0.2) is 39.3 Å². The van der Waals surface area contributed by atoms with Crippen LogP contribution in [0.2, 0.25) is 0 Å². The monoisotopic (exact) mass is 369 g/mol. The van der Waals surface area contributed by atoms with Crippen LogP contribution in [0.25, 0.3) is 10.1 Å². The van der Waals surface area contributed by atoms with Crippen molar-refractivity contribution in [1.82, 2.24) is 19.2 Å². The molecule has 1 amide bonds. The molecule has 4 rings (SSSR count). The minimum Gasteiger partial charge on any atom is -0.493 e. The van der Waals surface area contributed by atoms with Crippen molar-refractivity contribution in [2.24, 2.45) is 0 Å². The zero-order chi connectivity index (χ0) is 18.1. The molecule has 0 fully saturated rings. The SMILES string of the molecule is COc1ccc(NC(=O)c2cccn2-c2nn3ccnc3s2)cc1OC. The van der Waals surface area contributed by atoms with Gasteiger partial charge in [0, 0.05) is 24.1 Å². The molecule has 1 N–H and O–H groups in total. The molecule has 0 unspecified atom stereocenters. The summed E-state index contributed by atoms with van der Waals surface area (Å²) in [7, 11) is 3.11. The van der Waals surface area contributed by atoms with Gasteiger partial charge >= 0.3 is 0 Å². The highest BCUT2D eigenvalue weighted by atomic mass is 32.1. The molecule has 4 aromatic rings. The third kappa shape index (κ3) is 2.78. The summed E-state index contributed by atoms with van der Waals surface area (Å²) in [5.74, 6) is 0.886. The van der Waals surface area contributed by atoms with E-state index in [1.165, 1.54) is 11.3 Å². The number of amides is 1. The van der Waals surface area contributed by atoms with Gasteiger partial charge in [0.2, 0.25) is 10.1 Å². The molecule has 1 aromatic carbocycles. The van der Waals surface area contributed by atoms with Crippen LogP contribution in [-0.2, 0) is 0 Å². The van der Waals surface area contributed by atoms with Gasteiger partial charge in [-0.05, 0) is 24.3 Å². The number of imidazole rings is 1. The molecular formula is C17H15N5O3S. The molecule has 9 heteroatoms. The number of hydrogen-bond acceptors (Lipinski definition) is 6. The summed E-state index contributed by atoms with van der Waals surface area (Å²) in [6, 6.07) is 8.74. The van der Waals surface area contributed by atoms with Crippen molar-refractivity contribution in [3.8, 4) is 16.6 Å².